The predicted octanol–water partition coefficient (Wildman–Crippen LogP) is 1.36. The molecule has 0 radical (unpaired) electrons. The first kappa shape index (κ1) is 17.2. The summed E-state index contributed by atoms with van der Waals surface area (Å²) in [5.74, 6) is -3.47. The second-order valence-corrected chi connectivity index (χ2v) is 4.35. The molecule has 0 bridgehead atoms. The summed E-state index contributed by atoms with van der Waals surface area (Å²) in [5.41, 5.74) is -0.0837. The molecule has 0 aromatic heterocycles. The number of hydrogen-bond donors (Lipinski definition) is 3. The van der Waals surface area contributed by atoms with Crippen LogP contribution >= 0.6 is 0 Å². The number of esters is 1. The van der Waals surface area contributed by atoms with Crippen molar-refractivity contribution in [3.8, 4) is 0 Å². The number of benzene rings is 1. The van der Waals surface area contributed by atoms with E-state index in [2.05, 4.69) is 10.1 Å². The van der Waals surface area contributed by atoms with Crippen molar-refractivity contribution in [1.82, 2.24) is 0 Å². The smallest absolute Gasteiger partial charge is 0.339 e. The molecule has 0 aliphatic rings. The molecule has 0 aliphatic carbocycles. The van der Waals surface area contributed by atoms with E-state index in [-0.39, 0.29) is 36.1 Å². The second kappa shape index (κ2) is 7.77. The van der Waals surface area contributed by atoms with Crippen LogP contribution in [0.25, 0.3) is 0 Å². The van der Waals surface area contributed by atoms with E-state index in [1.807, 2.05) is 0 Å². The van der Waals surface area contributed by atoms with Crippen LogP contribution in [0.4, 0.5) is 5.69 Å². The fourth-order valence-corrected chi connectivity index (χ4v) is 1.68. The van der Waals surface area contributed by atoms with Gasteiger partial charge in [-0.05, 0) is 24.6 Å². The molecule has 3 N–H and O–H groups in total. The number of amides is 1. The van der Waals surface area contributed by atoms with Crippen molar-refractivity contribution in [2.45, 2.75) is 19.3 Å². The van der Waals surface area contributed by atoms with Crippen molar-refractivity contribution in [2.24, 2.45) is 0 Å². The topological polar surface area (TPSA) is 130 Å². The van der Waals surface area contributed by atoms with Crippen LogP contribution in [0.5, 0.6) is 0 Å². The van der Waals surface area contributed by atoms with E-state index >= 15 is 0 Å². The maximum absolute atomic E-state index is 11.7. The van der Waals surface area contributed by atoms with E-state index in [9.17, 15) is 19.2 Å². The van der Waals surface area contributed by atoms with Crippen LogP contribution < -0.4 is 5.32 Å². The lowest BCUT2D eigenvalue weighted by Gasteiger charge is -2.10. The van der Waals surface area contributed by atoms with Gasteiger partial charge in [-0.3, -0.25) is 9.59 Å². The maximum Gasteiger partial charge on any atom is 0.339 e. The monoisotopic (exact) mass is 309 g/mol. The largest absolute Gasteiger partial charge is 0.481 e. The number of aliphatic carboxylic acids is 1. The molecule has 0 aliphatic heterocycles. The highest BCUT2D eigenvalue weighted by Crippen LogP contribution is 2.19. The van der Waals surface area contributed by atoms with E-state index in [0.29, 0.717) is 0 Å². The van der Waals surface area contributed by atoms with Gasteiger partial charge in [0.15, 0.2) is 0 Å². The number of ether oxygens (including phenoxy) is 1. The number of hydrogen-bond acceptors (Lipinski definition) is 5. The summed E-state index contributed by atoms with van der Waals surface area (Å²) < 4.78 is 4.56. The quantitative estimate of drug-likeness (QED) is 0.648. The molecule has 8 heteroatoms. The van der Waals surface area contributed by atoms with Gasteiger partial charge in [0.05, 0.1) is 23.9 Å². The van der Waals surface area contributed by atoms with Crippen molar-refractivity contribution in [3.63, 3.8) is 0 Å². The lowest BCUT2D eigenvalue weighted by atomic mass is 10.1. The Morgan fingerprint density at radius 1 is 1.14 bits per heavy atom. The number of nitrogens with one attached hydrogen (secondary N) is 1. The molecule has 0 spiro atoms. The summed E-state index contributed by atoms with van der Waals surface area (Å²) in [7, 11) is 1.16. The third-order valence-electron chi connectivity index (χ3n) is 2.74. The van der Waals surface area contributed by atoms with Crippen LogP contribution in [0.15, 0.2) is 18.2 Å². The van der Waals surface area contributed by atoms with E-state index in [1.54, 1.807) is 0 Å². The van der Waals surface area contributed by atoms with Crippen LogP contribution in [-0.4, -0.2) is 41.1 Å². The molecule has 8 nitrogen and oxygen atoms in total. The lowest BCUT2D eigenvalue weighted by Crippen LogP contribution is -2.16. The van der Waals surface area contributed by atoms with Gasteiger partial charge < -0.3 is 20.3 Å². The molecule has 22 heavy (non-hydrogen) atoms. The average molecular weight is 309 g/mol. The van der Waals surface area contributed by atoms with Crippen LogP contribution in [0.2, 0.25) is 0 Å². The summed E-state index contributed by atoms with van der Waals surface area (Å²) >= 11 is 0. The number of carbonyl (C=O) groups is 4. The van der Waals surface area contributed by atoms with Crippen molar-refractivity contribution in [2.75, 3.05) is 12.4 Å². The van der Waals surface area contributed by atoms with Gasteiger partial charge in [0.2, 0.25) is 5.91 Å². The van der Waals surface area contributed by atoms with Crippen molar-refractivity contribution < 1.29 is 34.1 Å². The Bertz CT molecular complexity index is 609. The Morgan fingerprint density at radius 2 is 1.82 bits per heavy atom. The Balaban J connectivity index is 2.91. The summed E-state index contributed by atoms with van der Waals surface area (Å²) in [4.78, 5) is 44.7. The van der Waals surface area contributed by atoms with Gasteiger partial charge in [-0.25, -0.2) is 9.59 Å². The van der Waals surface area contributed by atoms with E-state index in [4.69, 9.17) is 10.2 Å². The van der Waals surface area contributed by atoms with Gasteiger partial charge in [0.1, 0.15) is 0 Å². The van der Waals surface area contributed by atoms with Gasteiger partial charge in [-0.2, -0.15) is 0 Å². The minimum Gasteiger partial charge on any atom is -0.481 e. The molecule has 0 saturated heterocycles. The highest BCUT2D eigenvalue weighted by molar-refractivity contribution is 6.03. The number of carboxylic acids is 2. The molecule has 1 amide bonds. The average Bonchev–Trinajstić information content (AvgIpc) is 2.45. The molecule has 118 valence electrons. The Hall–Kier alpha value is -2.90. The van der Waals surface area contributed by atoms with Crippen molar-refractivity contribution in [3.05, 3.63) is 29.3 Å². The molecule has 1 aromatic rings. The third kappa shape index (κ3) is 4.89. The summed E-state index contributed by atoms with van der Waals surface area (Å²) in [6.07, 6.45) is -0.0933. The normalized spacial score (nSPS) is 9.86. The molecular formula is C14H15NO7. The fourth-order valence-electron chi connectivity index (χ4n) is 1.68. The Kier molecular flexibility index (Phi) is 6.06. The van der Waals surface area contributed by atoms with E-state index in [0.717, 1.165) is 13.2 Å². The molecule has 1 rings (SSSR count). The van der Waals surface area contributed by atoms with E-state index < -0.39 is 23.8 Å². The standard InChI is InChI=1S/C14H15NO7/c1-22-14(21)9-6-5-8(13(19)20)7-10(9)15-11(16)3-2-4-12(17)18/h5-7H,2-4H2,1H3,(H,15,16)(H,17,18)(H,19,20). The lowest BCUT2D eigenvalue weighted by molar-refractivity contribution is -0.137. The van der Waals surface area contributed by atoms with Gasteiger partial charge >= 0.3 is 17.9 Å². The zero-order valence-corrected chi connectivity index (χ0v) is 11.8. The van der Waals surface area contributed by atoms with Crippen molar-refractivity contribution >= 4 is 29.5 Å². The molecule has 0 atom stereocenters. The summed E-state index contributed by atoms with van der Waals surface area (Å²) in [6, 6.07) is 3.60. The first-order chi connectivity index (χ1) is 10.3. The van der Waals surface area contributed by atoms with Crippen LogP contribution in [0.1, 0.15) is 40.0 Å². The zero-order chi connectivity index (χ0) is 16.7. The minimum atomic E-state index is -1.21. The molecule has 0 heterocycles. The number of methoxy groups -OCH3 is 1. The zero-order valence-electron chi connectivity index (χ0n) is 11.8. The number of anilines is 1. The van der Waals surface area contributed by atoms with Crippen molar-refractivity contribution in [1.29, 1.82) is 0 Å². The fraction of sp³-hybridized carbons (Fsp3) is 0.286. The SMILES string of the molecule is COC(=O)c1ccc(C(=O)O)cc1NC(=O)CCCC(=O)O. The van der Waals surface area contributed by atoms with Crippen LogP contribution in [0.3, 0.4) is 0 Å². The third-order valence-corrected chi connectivity index (χ3v) is 2.74. The Morgan fingerprint density at radius 3 is 2.36 bits per heavy atom. The van der Waals surface area contributed by atoms with Gasteiger partial charge in [-0.1, -0.05) is 0 Å². The van der Waals surface area contributed by atoms with Gasteiger partial charge in [0.25, 0.3) is 0 Å². The predicted molar refractivity (Wildman–Crippen MR) is 74.9 cm³/mol. The number of carbonyl (C=O) groups excluding carboxylic acids is 2. The van der Waals surface area contributed by atoms with Crippen LogP contribution in [-0.2, 0) is 14.3 Å². The summed E-state index contributed by atoms with van der Waals surface area (Å²) in [6.45, 7) is 0. The van der Waals surface area contributed by atoms with Gasteiger partial charge in [-0.15, -0.1) is 0 Å². The maximum atomic E-state index is 11.7. The number of aromatic carboxylic acids is 1. The molecular weight excluding hydrogens is 294 g/mol. The highest BCUT2D eigenvalue weighted by atomic mass is 16.5. The molecule has 1 aromatic carbocycles. The van der Waals surface area contributed by atoms with Crippen LogP contribution in [0, 0.1) is 0 Å². The molecule has 0 fully saturated rings. The van der Waals surface area contributed by atoms with Gasteiger partial charge in [0, 0.05) is 12.8 Å². The number of rotatable bonds is 7. The highest BCUT2D eigenvalue weighted by Gasteiger charge is 2.16. The minimum absolute atomic E-state index is 0.00655. The molecule has 0 unspecified atom stereocenters. The second-order valence-electron chi connectivity index (χ2n) is 4.35. The Labute approximate surface area is 125 Å². The first-order valence-electron chi connectivity index (χ1n) is 6.32. The first-order valence-corrected chi connectivity index (χ1v) is 6.32. The molecule has 0 saturated carbocycles. The number of carboxylic acid groups (broad SMARTS) is 2. The van der Waals surface area contributed by atoms with E-state index in [1.165, 1.54) is 12.1 Å². The summed E-state index contributed by atoms with van der Waals surface area (Å²) in [5, 5.41) is 19.8.